The van der Waals surface area contributed by atoms with Crippen molar-refractivity contribution in [2.24, 2.45) is 5.73 Å². The summed E-state index contributed by atoms with van der Waals surface area (Å²) in [6, 6.07) is 1.33. The van der Waals surface area contributed by atoms with E-state index in [2.05, 4.69) is 34.0 Å². The summed E-state index contributed by atoms with van der Waals surface area (Å²) in [7, 11) is 0. The van der Waals surface area contributed by atoms with Gasteiger partial charge in [0.25, 0.3) is 0 Å². The normalized spacial score (nSPS) is 17.2. The molecular weight excluding hydrogens is 359 g/mol. The lowest BCUT2D eigenvalue weighted by Gasteiger charge is -2.18. The molecule has 1 fully saturated rings. The molecule has 3 rings (SSSR count). The number of hydrogen-bond acceptors (Lipinski definition) is 6. The number of anilines is 1. The Morgan fingerprint density at radius 2 is 2.21 bits per heavy atom. The van der Waals surface area contributed by atoms with Crippen LogP contribution in [0.15, 0.2) is 17.1 Å². The smallest absolute Gasteiger partial charge is 0.195 e. The maximum Gasteiger partial charge on any atom is 0.195 e. The van der Waals surface area contributed by atoms with Crippen LogP contribution in [-0.2, 0) is 6.54 Å². The standard InChI is InChI=1S/C20H31FN6O/c1-3-26(4-2)8-5-7-23-11-14-12-24-19-16(18(14)28)10-17(21)20(25-19)27-9-6-15(22)13-27/h10,12,15,23H,3-9,11,13,22H2,1-2H3,(H,24,25,28). The largest absolute Gasteiger partial charge is 0.353 e. The summed E-state index contributed by atoms with van der Waals surface area (Å²) in [4.78, 5) is 24.3. The van der Waals surface area contributed by atoms with Gasteiger partial charge in [-0.15, -0.1) is 0 Å². The highest BCUT2D eigenvalue weighted by Crippen LogP contribution is 2.23. The predicted molar refractivity (Wildman–Crippen MR) is 111 cm³/mol. The lowest BCUT2D eigenvalue weighted by molar-refractivity contribution is 0.298. The van der Waals surface area contributed by atoms with Crippen LogP contribution in [0.2, 0.25) is 0 Å². The molecular formula is C20H31FN6O. The predicted octanol–water partition coefficient (Wildman–Crippen LogP) is 1.42. The zero-order valence-corrected chi connectivity index (χ0v) is 16.8. The van der Waals surface area contributed by atoms with E-state index in [1.807, 2.05) is 4.90 Å². The molecule has 2 aromatic heterocycles. The molecule has 2 aromatic rings. The van der Waals surface area contributed by atoms with Crippen molar-refractivity contribution in [1.82, 2.24) is 20.2 Å². The summed E-state index contributed by atoms with van der Waals surface area (Å²) in [6.07, 6.45) is 3.51. The molecule has 0 aliphatic carbocycles. The van der Waals surface area contributed by atoms with Gasteiger partial charge in [0.1, 0.15) is 5.65 Å². The number of aromatic nitrogens is 2. The Labute approximate surface area is 165 Å². The number of rotatable bonds is 9. The first-order valence-corrected chi connectivity index (χ1v) is 10.2. The van der Waals surface area contributed by atoms with Gasteiger partial charge in [0.05, 0.1) is 5.39 Å². The molecule has 28 heavy (non-hydrogen) atoms. The van der Waals surface area contributed by atoms with Crippen LogP contribution in [0.4, 0.5) is 10.2 Å². The van der Waals surface area contributed by atoms with E-state index >= 15 is 0 Å². The molecule has 0 saturated carbocycles. The Balaban J connectivity index is 1.67. The average molecular weight is 391 g/mol. The van der Waals surface area contributed by atoms with Crippen molar-refractivity contribution >= 4 is 16.9 Å². The number of hydrogen-bond donors (Lipinski definition) is 3. The molecule has 1 aliphatic rings. The second-order valence-electron chi connectivity index (χ2n) is 7.38. The van der Waals surface area contributed by atoms with Gasteiger partial charge in [-0.3, -0.25) is 4.79 Å². The van der Waals surface area contributed by atoms with Crippen LogP contribution in [0.3, 0.4) is 0 Å². The summed E-state index contributed by atoms with van der Waals surface area (Å²) in [6.45, 7) is 9.97. The molecule has 7 nitrogen and oxygen atoms in total. The Kier molecular flexibility index (Phi) is 6.98. The number of nitrogens with one attached hydrogen (secondary N) is 2. The van der Waals surface area contributed by atoms with Crippen LogP contribution >= 0.6 is 0 Å². The number of nitrogens with two attached hydrogens (primary N) is 1. The average Bonchev–Trinajstić information content (AvgIpc) is 3.12. The molecule has 1 saturated heterocycles. The van der Waals surface area contributed by atoms with Crippen LogP contribution in [0, 0.1) is 5.82 Å². The number of H-pyrrole nitrogens is 1. The van der Waals surface area contributed by atoms with E-state index in [-0.39, 0.29) is 22.7 Å². The molecule has 0 radical (unpaired) electrons. The van der Waals surface area contributed by atoms with Crippen molar-refractivity contribution in [3.8, 4) is 0 Å². The van der Waals surface area contributed by atoms with E-state index in [9.17, 15) is 9.18 Å². The number of aromatic amines is 1. The minimum Gasteiger partial charge on any atom is -0.353 e. The molecule has 0 amide bonds. The van der Waals surface area contributed by atoms with Gasteiger partial charge in [-0.25, -0.2) is 9.37 Å². The minimum atomic E-state index is -0.476. The second kappa shape index (κ2) is 9.45. The van der Waals surface area contributed by atoms with Crippen LogP contribution in [0.25, 0.3) is 11.0 Å². The van der Waals surface area contributed by atoms with E-state index in [1.54, 1.807) is 6.20 Å². The van der Waals surface area contributed by atoms with Crippen molar-refractivity contribution in [1.29, 1.82) is 0 Å². The lowest BCUT2D eigenvalue weighted by atomic mass is 10.2. The van der Waals surface area contributed by atoms with E-state index in [1.165, 1.54) is 6.07 Å². The first kappa shape index (κ1) is 20.7. The molecule has 4 N–H and O–H groups in total. The Bertz CT molecular complexity index is 850. The van der Waals surface area contributed by atoms with Gasteiger partial charge in [-0.2, -0.15) is 0 Å². The maximum atomic E-state index is 14.6. The van der Waals surface area contributed by atoms with Crippen molar-refractivity contribution in [2.45, 2.75) is 39.3 Å². The van der Waals surface area contributed by atoms with Gasteiger partial charge < -0.3 is 25.8 Å². The zero-order chi connectivity index (χ0) is 20.1. The third-order valence-electron chi connectivity index (χ3n) is 5.44. The van der Waals surface area contributed by atoms with Gasteiger partial charge in [-0.05, 0) is 45.1 Å². The monoisotopic (exact) mass is 390 g/mol. The third kappa shape index (κ3) is 4.68. The third-order valence-corrected chi connectivity index (χ3v) is 5.44. The molecule has 154 valence electrons. The van der Waals surface area contributed by atoms with Gasteiger partial charge >= 0.3 is 0 Å². The Morgan fingerprint density at radius 3 is 2.89 bits per heavy atom. The number of nitrogens with zero attached hydrogens (tertiary/aromatic N) is 3. The van der Waals surface area contributed by atoms with Crippen LogP contribution in [0.1, 0.15) is 32.3 Å². The zero-order valence-electron chi connectivity index (χ0n) is 16.8. The highest BCUT2D eigenvalue weighted by molar-refractivity contribution is 5.77. The Hall–Kier alpha value is -2.03. The maximum absolute atomic E-state index is 14.6. The second-order valence-corrected chi connectivity index (χ2v) is 7.38. The van der Waals surface area contributed by atoms with Gasteiger partial charge in [0, 0.05) is 37.4 Å². The highest BCUT2D eigenvalue weighted by Gasteiger charge is 2.24. The first-order valence-electron chi connectivity index (χ1n) is 10.2. The van der Waals surface area contributed by atoms with E-state index < -0.39 is 5.82 Å². The number of fused-ring (bicyclic) bond motifs is 1. The van der Waals surface area contributed by atoms with Crippen molar-refractivity contribution in [3.63, 3.8) is 0 Å². The number of pyridine rings is 2. The van der Waals surface area contributed by atoms with Crippen LogP contribution in [0.5, 0.6) is 0 Å². The van der Waals surface area contributed by atoms with Crippen molar-refractivity contribution in [3.05, 3.63) is 33.9 Å². The Morgan fingerprint density at radius 1 is 1.43 bits per heavy atom. The fourth-order valence-corrected chi connectivity index (χ4v) is 3.68. The SMILES string of the molecule is CCN(CC)CCCNCc1c[nH]c2nc(N3CCC(N)C3)c(F)cc2c1=O. The van der Waals surface area contributed by atoms with E-state index in [0.29, 0.717) is 30.8 Å². The van der Waals surface area contributed by atoms with E-state index in [0.717, 1.165) is 39.0 Å². The first-order chi connectivity index (χ1) is 13.5. The summed E-state index contributed by atoms with van der Waals surface area (Å²) in [5.41, 5.74) is 6.73. The molecule has 1 unspecified atom stereocenters. The summed E-state index contributed by atoms with van der Waals surface area (Å²) in [5, 5.41) is 3.59. The van der Waals surface area contributed by atoms with E-state index in [4.69, 9.17) is 5.73 Å². The fraction of sp³-hybridized carbons (Fsp3) is 0.600. The fourth-order valence-electron chi connectivity index (χ4n) is 3.68. The summed E-state index contributed by atoms with van der Waals surface area (Å²) in [5.74, 6) is -0.213. The molecule has 1 aliphatic heterocycles. The molecule has 0 spiro atoms. The molecule has 0 bridgehead atoms. The van der Waals surface area contributed by atoms with Crippen molar-refractivity contribution < 1.29 is 4.39 Å². The molecule has 1 atom stereocenters. The van der Waals surface area contributed by atoms with Crippen molar-refractivity contribution in [2.75, 3.05) is 44.2 Å². The molecule has 3 heterocycles. The van der Waals surface area contributed by atoms with Gasteiger partial charge in [-0.1, -0.05) is 13.8 Å². The van der Waals surface area contributed by atoms with Gasteiger partial charge in [0.15, 0.2) is 17.1 Å². The number of halogens is 1. The molecule has 8 heteroatoms. The minimum absolute atomic E-state index is 0.0335. The topological polar surface area (TPSA) is 90.3 Å². The highest BCUT2D eigenvalue weighted by atomic mass is 19.1. The van der Waals surface area contributed by atoms with Crippen LogP contribution in [-0.4, -0.2) is 60.2 Å². The lowest BCUT2D eigenvalue weighted by Crippen LogP contribution is -2.28. The summed E-state index contributed by atoms with van der Waals surface area (Å²) < 4.78 is 14.6. The summed E-state index contributed by atoms with van der Waals surface area (Å²) >= 11 is 0. The molecule has 0 aromatic carbocycles. The van der Waals surface area contributed by atoms with Gasteiger partial charge in [0.2, 0.25) is 0 Å². The van der Waals surface area contributed by atoms with Crippen LogP contribution < -0.4 is 21.4 Å². The quantitative estimate of drug-likeness (QED) is 0.561.